The second kappa shape index (κ2) is 7.86. The Morgan fingerprint density at radius 1 is 1.04 bits per heavy atom. The molecule has 1 aliphatic rings. The molecule has 0 bridgehead atoms. The summed E-state index contributed by atoms with van der Waals surface area (Å²) < 4.78 is 24.2. The normalized spacial score (nSPS) is 21.7. The van der Waals surface area contributed by atoms with E-state index in [4.69, 9.17) is 0 Å². The lowest BCUT2D eigenvalue weighted by Crippen LogP contribution is -2.26. The van der Waals surface area contributed by atoms with E-state index in [0.29, 0.717) is 11.7 Å². The Labute approximate surface area is 151 Å². The van der Waals surface area contributed by atoms with Crippen LogP contribution in [0.3, 0.4) is 0 Å². The zero-order valence-corrected chi connectivity index (χ0v) is 16.1. The third-order valence-corrected chi connectivity index (χ3v) is 8.08. The van der Waals surface area contributed by atoms with Crippen LogP contribution in [0.5, 0.6) is 0 Å². The van der Waals surface area contributed by atoms with E-state index in [-0.39, 0.29) is 5.25 Å². The maximum Gasteiger partial charge on any atom is 0.152 e. The fourth-order valence-corrected chi connectivity index (χ4v) is 5.33. The van der Waals surface area contributed by atoms with Crippen LogP contribution in [0, 0.1) is 11.8 Å². The monoisotopic (exact) mass is 359 g/mol. The number of fused-ring (bicyclic) bond motifs is 1. The Balaban J connectivity index is 1.53. The van der Waals surface area contributed by atoms with Crippen molar-refractivity contribution in [2.75, 3.05) is 5.75 Å². The van der Waals surface area contributed by atoms with Gasteiger partial charge in [0.25, 0.3) is 0 Å². The number of rotatable bonds is 6. The van der Waals surface area contributed by atoms with Gasteiger partial charge in [-0.3, -0.25) is 4.98 Å². The summed E-state index contributed by atoms with van der Waals surface area (Å²) in [6.45, 7) is 3.58. The first-order valence-corrected chi connectivity index (χ1v) is 11.2. The van der Waals surface area contributed by atoms with Crippen LogP contribution in [-0.4, -0.2) is 24.4 Å². The van der Waals surface area contributed by atoms with Crippen LogP contribution >= 0.6 is 0 Å². The third-order valence-electron chi connectivity index (χ3n) is 5.71. The lowest BCUT2D eigenvalue weighted by atomic mass is 9.80. The summed E-state index contributed by atoms with van der Waals surface area (Å²) in [5, 5.41) is 1.02. The van der Waals surface area contributed by atoms with Crippen LogP contribution in [0.25, 0.3) is 10.9 Å². The summed E-state index contributed by atoms with van der Waals surface area (Å²) in [7, 11) is -2.90. The molecule has 0 spiro atoms. The van der Waals surface area contributed by atoms with E-state index in [1.54, 1.807) is 13.8 Å². The van der Waals surface area contributed by atoms with Gasteiger partial charge in [-0.2, -0.15) is 0 Å². The zero-order chi connectivity index (χ0) is 17.9. The minimum atomic E-state index is -2.90. The second-order valence-electron chi connectivity index (χ2n) is 7.79. The molecule has 1 aromatic heterocycles. The molecule has 3 rings (SSSR count). The number of sulfone groups is 1. The van der Waals surface area contributed by atoms with E-state index >= 15 is 0 Å². The van der Waals surface area contributed by atoms with Crippen LogP contribution in [-0.2, 0) is 16.3 Å². The van der Waals surface area contributed by atoms with Gasteiger partial charge in [-0.05, 0) is 69.1 Å². The predicted octanol–water partition coefficient (Wildman–Crippen LogP) is 4.80. The van der Waals surface area contributed by atoms with Crippen LogP contribution < -0.4 is 0 Å². The smallest absolute Gasteiger partial charge is 0.152 e. The molecule has 136 valence electrons. The lowest BCUT2D eigenvalue weighted by Gasteiger charge is -2.29. The highest BCUT2D eigenvalue weighted by Crippen LogP contribution is 2.33. The molecule has 3 nitrogen and oxygen atoms in total. The quantitative estimate of drug-likeness (QED) is 0.744. The maximum atomic E-state index is 12.1. The van der Waals surface area contributed by atoms with Gasteiger partial charge in [-0.25, -0.2) is 8.42 Å². The molecule has 1 heterocycles. The Morgan fingerprint density at radius 2 is 1.76 bits per heavy atom. The molecule has 1 saturated carbocycles. The van der Waals surface area contributed by atoms with Crippen molar-refractivity contribution in [3.05, 3.63) is 42.1 Å². The van der Waals surface area contributed by atoms with Crippen LogP contribution in [0.1, 0.15) is 51.5 Å². The number of hydrogen-bond acceptors (Lipinski definition) is 3. The average molecular weight is 360 g/mol. The first kappa shape index (κ1) is 18.4. The summed E-state index contributed by atoms with van der Waals surface area (Å²) in [5.74, 6) is 1.47. The Kier molecular flexibility index (Phi) is 5.78. The van der Waals surface area contributed by atoms with Gasteiger partial charge >= 0.3 is 0 Å². The van der Waals surface area contributed by atoms with E-state index in [1.165, 1.54) is 30.2 Å². The van der Waals surface area contributed by atoms with Gasteiger partial charge in [0.15, 0.2) is 9.84 Å². The first-order chi connectivity index (χ1) is 12.0. The fraction of sp³-hybridized carbons (Fsp3) is 0.571. The number of benzene rings is 1. The molecule has 0 unspecified atom stereocenters. The molecular formula is C21H29NO2S. The molecule has 1 fully saturated rings. The highest BCUT2D eigenvalue weighted by atomic mass is 32.2. The summed E-state index contributed by atoms with van der Waals surface area (Å²) >= 11 is 0. The Hall–Kier alpha value is -1.42. The molecule has 0 radical (unpaired) electrons. The molecule has 1 aromatic carbocycles. The molecule has 25 heavy (non-hydrogen) atoms. The summed E-state index contributed by atoms with van der Waals surface area (Å²) in [6, 6.07) is 10.5. The number of aryl methyl sites for hydroxylation is 1. The largest absolute Gasteiger partial charge is 0.256 e. The molecule has 4 heteroatoms. The summed E-state index contributed by atoms with van der Waals surface area (Å²) in [4.78, 5) is 4.44. The molecular weight excluding hydrogens is 330 g/mol. The minimum absolute atomic E-state index is 0.245. The van der Waals surface area contributed by atoms with Crippen molar-refractivity contribution < 1.29 is 8.42 Å². The van der Waals surface area contributed by atoms with Crippen molar-refractivity contribution in [3.63, 3.8) is 0 Å². The molecule has 0 atom stereocenters. The van der Waals surface area contributed by atoms with Crippen molar-refractivity contribution in [3.8, 4) is 0 Å². The van der Waals surface area contributed by atoms with E-state index in [0.717, 1.165) is 30.7 Å². The predicted molar refractivity (Wildman–Crippen MR) is 104 cm³/mol. The molecule has 1 aliphatic carbocycles. The highest BCUT2D eigenvalue weighted by molar-refractivity contribution is 7.91. The van der Waals surface area contributed by atoms with Crippen LogP contribution in [0.2, 0.25) is 0 Å². The van der Waals surface area contributed by atoms with Gasteiger partial charge < -0.3 is 0 Å². The third kappa shape index (κ3) is 4.60. The SMILES string of the molecule is CC(C)S(=O)(=O)CC1CCC(CCc2cccc3ncccc23)CC1. The van der Waals surface area contributed by atoms with Crippen molar-refractivity contribution in [1.82, 2.24) is 4.98 Å². The molecule has 0 aliphatic heterocycles. The number of hydrogen-bond donors (Lipinski definition) is 0. The minimum Gasteiger partial charge on any atom is -0.256 e. The van der Waals surface area contributed by atoms with Crippen LogP contribution in [0.15, 0.2) is 36.5 Å². The topological polar surface area (TPSA) is 47.0 Å². The highest BCUT2D eigenvalue weighted by Gasteiger charge is 2.27. The second-order valence-corrected chi connectivity index (χ2v) is 10.4. The van der Waals surface area contributed by atoms with E-state index < -0.39 is 9.84 Å². The lowest BCUT2D eigenvalue weighted by molar-refractivity contribution is 0.279. The Morgan fingerprint density at radius 3 is 2.48 bits per heavy atom. The van der Waals surface area contributed by atoms with Crippen molar-refractivity contribution in [2.45, 2.75) is 57.6 Å². The van der Waals surface area contributed by atoms with Crippen LogP contribution in [0.4, 0.5) is 0 Å². The number of aromatic nitrogens is 1. The van der Waals surface area contributed by atoms with E-state index in [2.05, 4.69) is 29.2 Å². The van der Waals surface area contributed by atoms with Crippen molar-refractivity contribution in [2.24, 2.45) is 11.8 Å². The first-order valence-electron chi connectivity index (χ1n) is 9.50. The van der Waals surface area contributed by atoms with Crippen molar-refractivity contribution in [1.29, 1.82) is 0 Å². The average Bonchev–Trinajstić information content (AvgIpc) is 2.60. The van der Waals surface area contributed by atoms with Gasteiger partial charge in [0.2, 0.25) is 0 Å². The Bertz CT molecular complexity index is 800. The van der Waals surface area contributed by atoms with E-state index in [9.17, 15) is 8.42 Å². The zero-order valence-electron chi connectivity index (χ0n) is 15.3. The number of pyridine rings is 1. The molecule has 0 amide bonds. The van der Waals surface area contributed by atoms with E-state index in [1.807, 2.05) is 12.3 Å². The maximum absolute atomic E-state index is 12.1. The summed E-state index contributed by atoms with van der Waals surface area (Å²) in [6.07, 6.45) is 8.59. The van der Waals surface area contributed by atoms with Gasteiger partial charge in [0.1, 0.15) is 0 Å². The molecule has 0 N–H and O–H groups in total. The van der Waals surface area contributed by atoms with Gasteiger partial charge in [0.05, 0.1) is 16.5 Å². The fourth-order valence-electron chi connectivity index (χ4n) is 3.95. The molecule has 2 aromatic rings. The molecule has 0 saturated heterocycles. The van der Waals surface area contributed by atoms with Gasteiger partial charge in [-0.1, -0.05) is 31.0 Å². The van der Waals surface area contributed by atoms with Gasteiger partial charge in [-0.15, -0.1) is 0 Å². The number of nitrogens with zero attached hydrogens (tertiary/aromatic N) is 1. The standard InChI is InChI=1S/C21H29NO2S/c1-16(2)25(23,24)15-18-10-8-17(9-11-18)12-13-19-5-3-7-21-20(19)6-4-14-22-21/h3-7,14,16-18H,8-13,15H2,1-2H3. The van der Waals surface area contributed by atoms with Gasteiger partial charge in [0, 0.05) is 11.6 Å². The summed E-state index contributed by atoms with van der Waals surface area (Å²) in [5.41, 5.74) is 2.46. The van der Waals surface area contributed by atoms with Crippen molar-refractivity contribution >= 4 is 20.7 Å².